The van der Waals surface area contributed by atoms with Gasteiger partial charge in [-0.05, 0) is 24.3 Å². The van der Waals surface area contributed by atoms with Crippen molar-refractivity contribution in [1.82, 2.24) is 0 Å². The highest BCUT2D eigenvalue weighted by Gasteiger charge is 2.11. The molecule has 0 aliphatic rings. The lowest BCUT2D eigenvalue weighted by atomic mass is 10.1. The van der Waals surface area contributed by atoms with Crippen LogP contribution in [-0.2, 0) is 0 Å². The van der Waals surface area contributed by atoms with Crippen molar-refractivity contribution in [2.45, 2.75) is 0 Å². The fourth-order valence-electron chi connectivity index (χ4n) is 1.49. The lowest BCUT2D eigenvalue weighted by molar-refractivity contribution is 0.0692. The molecule has 2 rings (SSSR count). The molecule has 0 atom stereocenters. The minimum absolute atomic E-state index is 0.342. The standard InChI is InChI=1S/C13H7BrO4/c14-5-1-2-8-3-4-11-9(6-8)7-10(12(15)16)13(17)18-11/h3-4,6-7H,5H2,(H,15,16). The highest BCUT2D eigenvalue weighted by Crippen LogP contribution is 2.15. The third-order valence-corrected chi connectivity index (χ3v) is 2.54. The first kappa shape index (κ1) is 12.4. The third kappa shape index (κ3) is 2.44. The van der Waals surface area contributed by atoms with Gasteiger partial charge < -0.3 is 9.52 Å². The molecule has 18 heavy (non-hydrogen) atoms. The zero-order valence-electron chi connectivity index (χ0n) is 9.07. The van der Waals surface area contributed by atoms with Gasteiger partial charge in [-0.15, -0.1) is 0 Å². The number of hydrogen-bond acceptors (Lipinski definition) is 3. The van der Waals surface area contributed by atoms with E-state index >= 15 is 0 Å². The number of halogens is 1. The Morgan fingerprint density at radius 3 is 2.83 bits per heavy atom. The summed E-state index contributed by atoms with van der Waals surface area (Å²) in [6.07, 6.45) is 0. The first-order valence-electron chi connectivity index (χ1n) is 4.98. The van der Waals surface area contributed by atoms with E-state index in [1.54, 1.807) is 18.2 Å². The van der Waals surface area contributed by atoms with Crippen LogP contribution < -0.4 is 5.63 Å². The summed E-state index contributed by atoms with van der Waals surface area (Å²) in [5, 5.41) is 9.93. The minimum atomic E-state index is -1.30. The fraction of sp³-hybridized carbons (Fsp3) is 0.0769. The number of carboxylic acids is 1. The molecule has 0 aliphatic carbocycles. The third-order valence-electron chi connectivity index (χ3n) is 2.26. The van der Waals surface area contributed by atoms with Gasteiger partial charge >= 0.3 is 11.6 Å². The number of alkyl halides is 1. The van der Waals surface area contributed by atoms with E-state index in [1.165, 1.54) is 6.07 Å². The predicted octanol–water partition coefficient (Wildman–Crippen LogP) is 2.24. The second-order valence-electron chi connectivity index (χ2n) is 3.44. The van der Waals surface area contributed by atoms with Crippen molar-refractivity contribution in [1.29, 1.82) is 0 Å². The maximum atomic E-state index is 11.3. The molecule has 0 saturated carbocycles. The minimum Gasteiger partial charge on any atom is -0.477 e. The van der Waals surface area contributed by atoms with E-state index in [-0.39, 0.29) is 5.56 Å². The van der Waals surface area contributed by atoms with Gasteiger partial charge in [-0.3, -0.25) is 0 Å². The highest BCUT2D eigenvalue weighted by molar-refractivity contribution is 9.09. The largest absolute Gasteiger partial charge is 0.477 e. The average Bonchev–Trinajstić information content (AvgIpc) is 2.35. The van der Waals surface area contributed by atoms with Crippen LogP contribution in [0.3, 0.4) is 0 Å². The van der Waals surface area contributed by atoms with E-state index in [4.69, 9.17) is 9.52 Å². The predicted molar refractivity (Wildman–Crippen MR) is 70.1 cm³/mol. The summed E-state index contributed by atoms with van der Waals surface area (Å²) in [6, 6.07) is 6.28. The number of carbonyl (C=O) groups is 1. The van der Waals surface area contributed by atoms with Crippen LogP contribution in [0.25, 0.3) is 11.0 Å². The van der Waals surface area contributed by atoms with Gasteiger partial charge in [0.05, 0.1) is 5.33 Å². The van der Waals surface area contributed by atoms with Crippen molar-refractivity contribution < 1.29 is 14.3 Å². The second kappa shape index (κ2) is 5.07. The Bertz CT molecular complexity index is 734. The molecular formula is C13H7BrO4. The van der Waals surface area contributed by atoms with E-state index in [1.807, 2.05) is 0 Å². The summed E-state index contributed by atoms with van der Waals surface area (Å²) < 4.78 is 4.92. The van der Waals surface area contributed by atoms with Crippen LogP contribution >= 0.6 is 15.9 Å². The Labute approximate surface area is 110 Å². The second-order valence-corrected chi connectivity index (χ2v) is 4.00. The molecule has 0 spiro atoms. The Hall–Kier alpha value is -2.06. The molecule has 0 radical (unpaired) electrons. The number of benzene rings is 1. The van der Waals surface area contributed by atoms with Gasteiger partial charge in [-0.2, -0.15) is 0 Å². The van der Waals surface area contributed by atoms with Gasteiger partial charge in [0, 0.05) is 10.9 Å². The van der Waals surface area contributed by atoms with Crippen molar-refractivity contribution in [2.75, 3.05) is 5.33 Å². The Morgan fingerprint density at radius 2 is 2.17 bits per heavy atom. The molecule has 5 heteroatoms. The van der Waals surface area contributed by atoms with E-state index in [9.17, 15) is 9.59 Å². The van der Waals surface area contributed by atoms with Crippen molar-refractivity contribution in [3.8, 4) is 11.8 Å². The number of aromatic carboxylic acids is 1. The van der Waals surface area contributed by atoms with Crippen LogP contribution in [0.15, 0.2) is 33.5 Å². The number of hydrogen-bond donors (Lipinski definition) is 1. The van der Waals surface area contributed by atoms with Crippen LogP contribution in [0.2, 0.25) is 0 Å². The topological polar surface area (TPSA) is 67.5 Å². The van der Waals surface area contributed by atoms with E-state index in [0.29, 0.717) is 16.3 Å². The van der Waals surface area contributed by atoms with Crippen LogP contribution in [-0.4, -0.2) is 16.4 Å². The molecule has 1 aromatic carbocycles. The van der Waals surface area contributed by atoms with Crippen LogP contribution in [0.4, 0.5) is 0 Å². The molecule has 0 bridgehead atoms. The summed E-state index contributed by atoms with van der Waals surface area (Å²) in [4.78, 5) is 22.2. The van der Waals surface area contributed by atoms with Crippen molar-refractivity contribution in [3.63, 3.8) is 0 Å². The molecule has 0 fully saturated rings. The van der Waals surface area contributed by atoms with E-state index in [2.05, 4.69) is 27.8 Å². The Kier molecular flexibility index (Phi) is 3.49. The van der Waals surface area contributed by atoms with Crippen molar-refractivity contribution in [2.24, 2.45) is 0 Å². The van der Waals surface area contributed by atoms with Gasteiger partial charge in [0.25, 0.3) is 0 Å². The van der Waals surface area contributed by atoms with Crippen LogP contribution in [0.5, 0.6) is 0 Å². The van der Waals surface area contributed by atoms with Gasteiger partial charge in [-0.25, -0.2) is 9.59 Å². The number of rotatable bonds is 1. The molecule has 1 aromatic heterocycles. The summed E-state index contributed by atoms with van der Waals surface area (Å²) in [5.41, 5.74) is -0.163. The zero-order chi connectivity index (χ0) is 13.1. The van der Waals surface area contributed by atoms with Gasteiger partial charge in [-0.1, -0.05) is 27.8 Å². The maximum absolute atomic E-state index is 11.3. The molecule has 0 saturated heterocycles. The molecule has 0 unspecified atom stereocenters. The summed E-state index contributed by atoms with van der Waals surface area (Å²) >= 11 is 3.19. The number of fused-ring (bicyclic) bond motifs is 1. The van der Waals surface area contributed by atoms with Crippen molar-refractivity contribution in [3.05, 3.63) is 45.8 Å². The number of carboxylic acid groups (broad SMARTS) is 1. The molecule has 0 aliphatic heterocycles. The van der Waals surface area contributed by atoms with Gasteiger partial charge in [0.15, 0.2) is 0 Å². The summed E-state index contributed by atoms with van der Waals surface area (Å²) in [6.45, 7) is 0. The average molecular weight is 307 g/mol. The molecule has 1 heterocycles. The summed E-state index contributed by atoms with van der Waals surface area (Å²) in [7, 11) is 0. The van der Waals surface area contributed by atoms with Crippen molar-refractivity contribution >= 4 is 32.9 Å². The molecule has 2 aromatic rings. The SMILES string of the molecule is O=C(O)c1cc2cc(C#CCBr)ccc2oc1=O. The fourth-order valence-corrected chi connectivity index (χ4v) is 1.63. The lowest BCUT2D eigenvalue weighted by Gasteiger charge is -1.99. The molecule has 4 nitrogen and oxygen atoms in total. The normalized spacial score (nSPS) is 9.83. The lowest BCUT2D eigenvalue weighted by Crippen LogP contribution is -2.12. The smallest absolute Gasteiger partial charge is 0.351 e. The van der Waals surface area contributed by atoms with E-state index in [0.717, 1.165) is 5.56 Å². The van der Waals surface area contributed by atoms with Crippen LogP contribution in [0.1, 0.15) is 15.9 Å². The summed E-state index contributed by atoms with van der Waals surface area (Å²) in [5.74, 6) is 4.42. The maximum Gasteiger partial charge on any atom is 0.351 e. The zero-order valence-corrected chi connectivity index (χ0v) is 10.7. The molecule has 0 amide bonds. The monoisotopic (exact) mass is 306 g/mol. The van der Waals surface area contributed by atoms with E-state index < -0.39 is 11.6 Å². The Balaban J connectivity index is 2.65. The quantitative estimate of drug-likeness (QED) is 0.498. The van der Waals surface area contributed by atoms with Gasteiger partial charge in [0.1, 0.15) is 11.1 Å². The molecule has 1 N–H and O–H groups in total. The van der Waals surface area contributed by atoms with Crippen LogP contribution in [0, 0.1) is 11.8 Å². The molecular weight excluding hydrogens is 300 g/mol. The first-order chi connectivity index (χ1) is 8.61. The molecule has 90 valence electrons. The first-order valence-corrected chi connectivity index (χ1v) is 6.10. The highest BCUT2D eigenvalue weighted by atomic mass is 79.9. The van der Waals surface area contributed by atoms with Gasteiger partial charge in [0.2, 0.25) is 0 Å². The Morgan fingerprint density at radius 1 is 1.39 bits per heavy atom.